The average molecular weight is 232 g/mol. The zero-order chi connectivity index (χ0) is 12.4. The van der Waals surface area contributed by atoms with Crippen LogP contribution in [0.3, 0.4) is 0 Å². The van der Waals surface area contributed by atoms with Crippen LogP contribution in [0.15, 0.2) is 12.4 Å². The molecule has 6 nitrogen and oxygen atoms in total. The summed E-state index contributed by atoms with van der Waals surface area (Å²) in [7, 11) is 0. The maximum Gasteiger partial charge on any atom is 0.308 e. The van der Waals surface area contributed by atoms with Crippen molar-refractivity contribution in [1.29, 1.82) is 5.26 Å². The van der Waals surface area contributed by atoms with Crippen molar-refractivity contribution in [3.8, 4) is 6.07 Å². The van der Waals surface area contributed by atoms with Gasteiger partial charge in [0.05, 0.1) is 5.92 Å². The molecule has 2 rings (SSSR count). The Morgan fingerprint density at radius 2 is 2.29 bits per heavy atom. The lowest BCUT2D eigenvalue weighted by Gasteiger charge is -2.24. The molecule has 88 valence electrons. The lowest BCUT2D eigenvalue weighted by Crippen LogP contribution is -2.34. The van der Waals surface area contributed by atoms with Gasteiger partial charge in [0.15, 0.2) is 11.5 Å². The number of carbonyl (C=O) groups is 1. The minimum atomic E-state index is -0.803. The molecule has 0 aliphatic carbocycles. The fourth-order valence-corrected chi connectivity index (χ4v) is 2.19. The molecule has 1 aromatic rings. The maximum absolute atomic E-state index is 11.0. The molecule has 1 aromatic heterocycles. The van der Waals surface area contributed by atoms with Crippen molar-refractivity contribution in [2.75, 3.05) is 11.4 Å². The van der Waals surface area contributed by atoms with Crippen LogP contribution >= 0.6 is 0 Å². The Labute approximate surface area is 98.5 Å². The van der Waals surface area contributed by atoms with Crippen molar-refractivity contribution >= 4 is 11.8 Å². The van der Waals surface area contributed by atoms with E-state index in [1.807, 2.05) is 17.9 Å². The minimum Gasteiger partial charge on any atom is -0.481 e. The first-order valence-corrected chi connectivity index (χ1v) is 5.35. The molecular weight excluding hydrogens is 220 g/mol. The number of carboxylic acid groups (broad SMARTS) is 1. The van der Waals surface area contributed by atoms with Gasteiger partial charge >= 0.3 is 5.97 Å². The Bertz CT molecular complexity index is 483. The third-order valence-corrected chi connectivity index (χ3v) is 3.13. The maximum atomic E-state index is 11.0. The molecule has 0 spiro atoms. The number of nitriles is 1. The van der Waals surface area contributed by atoms with Crippen molar-refractivity contribution in [2.24, 2.45) is 5.92 Å². The summed E-state index contributed by atoms with van der Waals surface area (Å²) in [6.45, 7) is 2.42. The van der Waals surface area contributed by atoms with Gasteiger partial charge in [-0.1, -0.05) is 0 Å². The normalized spacial score (nSPS) is 23.4. The highest BCUT2D eigenvalue weighted by atomic mass is 16.4. The van der Waals surface area contributed by atoms with Crippen molar-refractivity contribution < 1.29 is 9.90 Å². The van der Waals surface area contributed by atoms with Crippen molar-refractivity contribution in [3.05, 3.63) is 18.1 Å². The van der Waals surface area contributed by atoms with Gasteiger partial charge in [-0.2, -0.15) is 5.26 Å². The standard InChI is InChI=1S/C11H12N4O2/c1-7-8(11(16)17)2-5-15(7)10-9(6-12)13-3-4-14-10/h3-4,7-8H,2,5H2,1H3,(H,16,17). The fraction of sp³-hybridized carbons (Fsp3) is 0.455. The van der Waals surface area contributed by atoms with Crippen LogP contribution in [0.25, 0.3) is 0 Å². The number of hydrogen-bond donors (Lipinski definition) is 1. The van der Waals surface area contributed by atoms with E-state index in [1.54, 1.807) is 0 Å². The third-order valence-electron chi connectivity index (χ3n) is 3.13. The van der Waals surface area contributed by atoms with E-state index in [9.17, 15) is 4.79 Å². The smallest absolute Gasteiger partial charge is 0.308 e. The predicted octanol–water partition coefficient (Wildman–Crippen LogP) is 0.648. The highest BCUT2D eigenvalue weighted by Crippen LogP contribution is 2.29. The first-order chi connectivity index (χ1) is 8.15. The molecule has 2 unspecified atom stereocenters. The molecule has 6 heteroatoms. The number of aliphatic carboxylic acids is 1. The molecule has 1 fully saturated rings. The van der Waals surface area contributed by atoms with E-state index in [0.717, 1.165) is 0 Å². The summed E-state index contributed by atoms with van der Waals surface area (Å²) in [6, 6.07) is 1.80. The van der Waals surface area contributed by atoms with E-state index < -0.39 is 11.9 Å². The molecule has 0 amide bonds. The van der Waals surface area contributed by atoms with E-state index in [2.05, 4.69) is 9.97 Å². The second-order valence-electron chi connectivity index (χ2n) is 4.01. The van der Waals surface area contributed by atoms with Gasteiger partial charge in [-0.3, -0.25) is 4.79 Å². The zero-order valence-electron chi connectivity index (χ0n) is 9.37. The largest absolute Gasteiger partial charge is 0.481 e. The first kappa shape index (κ1) is 11.3. The summed E-state index contributed by atoms with van der Waals surface area (Å²) in [5.41, 5.74) is 0.241. The average Bonchev–Trinajstić information content (AvgIpc) is 2.71. The number of hydrogen-bond acceptors (Lipinski definition) is 5. The first-order valence-electron chi connectivity index (χ1n) is 5.35. The third kappa shape index (κ3) is 1.91. The molecule has 0 saturated carbocycles. The minimum absolute atomic E-state index is 0.170. The summed E-state index contributed by atoms with van der Waals surface area (Å²) in [6.07, 6.45) is 3.53. The van der Waals surface area contributed by atoms with Crippen LogP contribution in [0.5, 0.6) is 0 Å². The number of rotatable bonds is 2. The molecule has 2 heterocycles. The monoisotopic (exact) mass is 232 g/mol. The topological polar surface area (TPSA) is 90.1 Å². The second-order valence-corrected chi connectivity index (χ2v) is 4.01. The summed E-state index contributed by atoms with van der Waals surface area (Å²) in [5.74, 6) is -0.739. The van der Waals surface area contributed by atoms with E-state index >= 15 is 0 Å². The van der Waals surface area contributed by atoms with Gasteiger partial charge in [-0.05, 0) is 13.3 Å². The lowest BCUT2D eigenvalue weighted by atomic mass is 10.0. The Hall–Kier alpha value is -2.16. The van der Waals surface area contributed by atoms with Gasteiger partial charge < -0.3 is 10.0 Å². The summed E-state index contributed by atoms with van der Waals surface area (Å²) < 4.78 is 0. The summed E-state index contributed by atoms with van der Waals surface area (Å²) >= 11 is 0. The molecule has 1 saturated heterocycles. The van der Waals surface area contributed by atoms with Crippen molar-refractivity contribution in [1.82, 2.24) is 9.97 Å². The molecule has 1 aliphatic heterocycles. The van der Waals surface area contributed by atoms with E-state index in [0.29, 0.717) is 18.8 Å². The number of carboxylic acids is 1. The van der Waals surface area contributed by atoms with Crippen LogP contribution in [0, 0.1) is 17.2 Å². The van der Waals surface area contributed by atoms with Crippen LogP contribution in [0.4, 0.5) is 5.82 Å². The lowest BCUT2D eigenvalue weighted by molar-refractivity contribution is -0.141. The Morgan fingerprint density at radius 3 is 2.88 bits per heavy atom. The van der Waals surface area contributed by atoms with Crippen LogP contribution in [-0.4, -0.2) is 33.6 Å². The van der Waals surface area contributed by atoms with Gasteiger partial charge in [0.1, 0.15) is 6.07 Å². The van der Waals surface area contributed by atoms with Crippen LogP contribution < -0.4 is 4.90 Å². The summed E-state index contributed by atoms with van der Waals surface area (Å²) in [5, 5.41) is 18.0. The zero-order valence-corrected chi connectivity index (χ0v) is 9.37. The number of aromatic nitrogens is 2. The molecule has 1 aliphatic rings. The molecule has 0 radical (unpaired) electrons. The Kier molecular flexibility index (Phi) is 2.91. The SMILES string of the molecule is CC1C(C(=O)O)CCN1c1nccnc1C#N. The highest BCUT2D eigenvalue weighted by Gasteiger charge is 2.37. The molecule has 1 N–H and O–H groups in total. The highest BCUT2D eigenvalue weighted by molar-refractivity contribution is 5.73. The molecule has 2 atom stereocenters. The fourth-order valence-electron chi connectivity index (χ4n) is 2.19. The van der Waals surface area contributed by atoms with Gasteiger partial charge in [-0.15, -0.1) is 0 Å². The van der Waals surface area contributed by atoms with Crippen LogP contribution in [-0.2, 0) is 4.79 Å². The van der Waals surface area contributed by atoms with E-state index in [-0.39, 0.29) is 11.7 Å². The van der Waals surface area contributed by atoms with Crippen LogP contribution in [0.2, 0.25) is 0 Å². The molecule has 17 heavy (non-hydrogen) atoms. The predicted molar refractivity (Wildman–Crippen MR) is 59.3 cm³/mol. The number of nitrogens with zero attached hydrogens (tertiary/aromatic N) is 4. The van der Waals surface area contributed by atoms with Crippen molar-refractivity contribution in [3.63, 3.8) is 0 Å². The Balaban J connectivity index is 2.31. The molecule has 0 aromatic carbocycles. The van der Waals surface area contributed by atoms with E-state index in [4.69, 9.17) is 10.4 Å². The van der Waals surface area contributed by atoms with E-state index in [1.165, 1.54) is 12.4 Å². The van der Waals surface area contributed by atoms with Crippen LogP contribution in [0.1, 0.15) is 19.0 Å². The quantitative estimate of drug-likeness (QED) is 0.805. The van der Waals surface area contributed by atoms with Gasteiger partial charge in [-0.25, -0.2) is 9.97 Å². The second kappa shape index (κ2) is 4.37. The summed E-state index contributed by atoms with van der Waals surface area (Å²) in [4.78, 5) is 20.9. The Morgan fingerprint density at radius 1 is 1.59 bits per heavy atom. The van der Waals surface area contributed by atoms with Gasteiger partial charge in [0, 0.05) is 25.0 Å². The van der Waals surface area contributed by atoms with Crippen molar-refractivity contribution in [2.45, 2.75) is 19.4 Å². The molecule has 0 bridgehead atoms. The van der Waals surface area contributed by atoms with Gasteiger partial charge in [0.25, 0.3) is 0 Å². The van der Waals surface area contributed by atoms with Gasteiger partial charge in [0.2, 0.25) is 0 Å². The molecular formula is C11H12N4O2. The number of anilines is 1.